The van der Waals surface area contributed by atoms with E-state index in [1.54, 1.807) is 43.3 Å². The van der Waals surface area contributed by atoms with Gasteiger partial charge in [0, 0.05) is 5.39 Å². The van der Waals surface area contributed by atoms with Crippen molar-refractivity contribution in [2.45, 2.75) is 17.9 Å². The summed E-state index contributed by atoms with van der Waals surface area (Å²) < 4.78 is 22.6. The van der Waals surface area contributed by atoms with E-state index in [0.29, 0.717) is 16.5 Å². The monoisotopic (exact) mass is 372 g/mol. The summed E-state index contributed by atoms with van der Waals surface area (Å²) in [5.41, 5.74) is 0.494. The molecule has 9 heteroatoms. The summed E-state index contributed by atoms with van der Waals surface area (Å²) in [6, 6.07) is 12.1. The van der Waals surface area contributed by atoms with Gasteiger partial charge in [0.25, 0.3) is 5.91 Å². The number of nitrogens with one attached hydrogen (secondary N) is 2. The molecule has 0 saturated carbocycles. The lowest BCUT2D eigenvalue weighted by atomic mass is 10.1. The number of H-pyrrole nitrogens is 1. The molecule has 0 unspecified atom stereocenters. The maximum Gasteiger partial charge on any atom is 0.276 e. The van der Waals surface area contributed by atoms with Gasteiger partial charge in [-0.2, -0.15) is 5.10 Å². The number of primary sulfonamides is 1. The van der Waals surface area contributed by atoms with E-state index in [2.05, 4.69) is 15.5 Å². The number of rotatable bonds is 4. The lowest BCUT2D eigenvalue weighted by molar-refractivity contribution is 0.0933. The predicted molar refractivity (Wildman–Crippen MR) is 96.1 cm³/mol. The Hall–Kier alpha value is -3.04. The van der Waals surface area contributed by atoms with Crippen molar-refractivity contribution < 1.29 is 13.2 Å². The molecule has 0 fully saturated rings. The topological polar surface area (TPSA) is 135 Å². The third kappa shape index (κ3) is 3.48. The molecule has 0 aliphatic rings. The van der Waals surface area contributed by atoms with Gasteiger partial charge in [-0.25, -0.2) is 13.6 Å². The molecule has 3 rings (SSSR count). The SMILES string of the molecule is C[C@H](NC(=O)c1n[nH]c2ccccc2c1=O)c1ccc(S(N)(=O)=O)cc1. The molecule has 0 aliphatic carbocycles. The van der Waals surface area contributed by atoms with E-state index in [-0.39, 0.29) is 10.6 Å². The number of aromatic amines is 1. The van der Waals surface area contributed by atoms with Crippen LogP contribution in [0.4, 0.5) is 0 Å². The summed E-state index contributed by atoms with van der Waals surface area (Å²) >= 11 is 0. The second-order valence-electron chi connectivity index (χ2n) is 5.76. The van der Waals surface area contributed by atoms with Crippen LogP contribution < -0.4 is 15.9 Å². The van der Waals surface area contributed by atoms with Gasteiger partial charge in [0.1, 0.15) is 0 Å². The summed E-state index contributed by atoms with van der Waals surface area (Å²) in [6.07, 6.45) is 0. The van der Waals surface area contributed by atoms with E-state index in [0.717, 1.165) is 0 Å². The molecule has 0 saturated heterocycles. The fraction of sp³-hybridized carbons (Fsp3) is 0.118. The molecule has 8 nitrogen and oxygen atoms in total. The molecule has 0 radical (unpaired) electrons. The van der Waals surface area contributed by atoms with E-state index in [4.69, 9.17) is 5.14 Å². The van der Waals surface area contributed by atoms with Crippen molar-refractivity contribution >= 4 is 26.8 Å². The summed E-state index contributed by atoms with van der Waals surface area (Å²) in [6.45, 7) is 1.71. The molecule has 1 amide bonds. The molecule has 1 heterocycles. The second-order valence-corrected chi connectivity index (χ2v) is 7.32. The Kier molecular flexibility index (Phi) is 4.58. The second kappa shape index (κ2) is 6.70. The van der Waals surface area contributed by atoms with Gasteiger partial charge in [-0.1, -0.05) is 24.3 Å². The number of amides is 1. The lowest BCUT2D eigenvalue weighted by Crippen LogP contribution is -2.32. The zero-order chi connectivity index (χ0) is 18.9. The van der Waals surface area contributed by atoms with Gasteiger partial charge in [0.2, 0.25) is 15.5 Å². The first-order valence-corrected chi connectivity index (χ1v) is 9.23. The fourth-order valence-electron chi connectivity index (χ4n) is 2.52. The van der Waals surface area contributed by atoms with Crippen molar-refractivity contribution in [1.29, 1.82) is 0 Å². The number of benzene rings is 2. The van der Waals surface area contributed by atoms with Gasteiger partial charge in [0.05, 0.1) is 16.5 Å². The molecule has 0 aliphatic heterocycles. The Balaban J connectivity index is 1.84. The molecule has 1 atom stereocenters. The number of hydrogen-bond donors (Lipinski definition) is 3. The minimum Gasteiger partial charge on any atom is -0.344 e. The first kappa shape index (κ1) is 17.8. The van der Waals surface area contributed by atoms with Crippen molar-refractivity contribution in [3.05, 3.63) is 70.0 Å². The highest BCUT2D eigenvalue weighted by atomic mass is 32.2. The minimum atomic E-state index is -3.78. The first-order valence-electron chi connectivity index (χ1n) is 7.68. The van der Waals surface area contributed by atoms with Crippen molar-refractivity contribution in [2.24, 2.45) is 5.14 Å². The molecule has 0 bridgehead atoms. The number of sulfonamides is 1. The Bertz CT molecular complexity index is 1140. The summed E-state index contributed by atoms with van der Waals surface area (Å²) in [7, 11) is -3.78. The third-order valence-electron chi connectivity index (χ3n) is 3.95. The normalized spacial score (nSPS) is 12.7. The van der Waals surface area contributed by atoms with Crippen LogP contribution in [0, 0.1) is 0 Å². The summed E-state index contributed by atoms with van der Waals surface area (Å²) in [5, 5.41) is 14.6. The zero-order valence-corrected chi connectivity index (χ0v) is 14.6. The Morgan fingerprint density at radius 3 is 2.46 bits per heavy atom. The number of carbonyl (C=O) groups excluding carboxylic acids is 1. The van der Waals surface area contributed by atoms with E-state index >= 15 is 0 Å². The molecule has 134 valence electrons. The van der Waals surface area contributed by atoms with Crippen LogP contribution in [0.3, 0.4) is 0 Å². The van der Waals surface area contributed by atoms with Gasteiger partial charge in [-0.3, -0.25) is 14.7 Å². The van der Waals surface area contributed by atoms with Crippen molar-refractivity contribution in [2.75, 3.05) is 0 Å². The highest BCUT2D eigenvalue weighted by Crippen LogP contribution is 2.16. The largest absolute Gasteiger partial charge is 0.344 e. The highest BCUT2D eigenvalue weighted by Gasteiger charge is 2.18. The van der Waals surface area contributed by atoms with Crippen LogP contribution in [-0.4, -0.2) is 24.5 Å². The maximum atomic E-state index is 12.4. The molecule has 26 heavy (non-hydrogen) atoms. The highest BCUT2D eigenvalue weighted by molar-refractivity contribution is 7.89. The molecule has 2 aromatic carbocycles. The van der Waals surface area contributed by atoms with E-state index < -0.39 is 27.4 Å². The number of nitrogens with two attached hydrogens (primary N) is 1. The van der Waals surface area contributed by atoms with Crippen LogP contribution in [0.5, 0.6) is 0 Å². The van der Waals surface area contributed by atoms with Gasteiger partial charge >= 0.3 is 0 Å². The summed E-state index contributed by atoms with van der Waals surface area (Å²) in [5.74, 6) is -0.625. The number of carbonyl (C=O) groups is 1. The van der Waals surface area contributed by atoms with Crippen LogP contribution in [0.25, 0.3) is 10.9 Å². The number of aromatic nitrogens is 2. The van der Waals surface area contributed by atoms with E-state index in [9.17, 15) is 18.0 Å². The molecule has 4 N–H and O–H groups in total. The summed E-state index contributed by atoms with van der Waals surface area (Å²) in [4.78, 5) is 24.8. The van der Waals surface area contributed by atoms with Crippen LogP contribution in [0.15, 0.2) is 58.2 Å². The van der Waals surface area contributed by atoms with Gasteiger partial charge in [-0.15, -0.1) is 0 Å². The van der Waals surface area contributed by atoms with Crippen LogP contribution in [0.1, 0.15) is 29.0 Å². The Morgan fingerprint density at radius 1 is 1.15 bits per heavy atom. The first-order chi connectivity index (χ1) is 12.3. The van der Waals surface area contributed by atoms with Gasteiger partial charge in [-0.05, 0) is 36.8 Å². The lowest BCUT2D eigenvalue weighted by Gasteiger charge is -2.14. The molecular weight excluding hydrogens is 356 g/mol. The standard InChI is InChI=1S/C17H16N4O4S/c1-10(11-6-8-12(9-7-11)26(18,24)25)19-17(23)15-16(22)13-4-2-3-5-14(13)20-21-15/h2-10H,1H3,(H,19,23)(H,20,22)(H2,18,24,25)/t10-/m0/s1. The molecular formula is C17H16N4O4S. The predicted octanol–water partition coefficient (Wildman–Crippen LogP) is 1.06. The van der Waals surface area contributed by atoms with Crippen molar-refractivity contribution in [3.63, 3.8) is 0 Å². The van der Waals surface area contributed by atoms with E-state index in [1.807, 2.05) is 0 Å². The maximum absolute atomic E-state index is 12.4. The minimum absolute atomic E-state index is 0.0209. The fourth-order valence-corrected chi connectivity index (χ4v) is 3.04. The van der Waals surface area contributed by atoms with Crippen molar-refractivity contribution in [1.82, 2.24) is 15.5 Å². The van der Waals surface area contributed by atoms with Crippen LogP contribution in [-0.2, 0) is 10.0 Å². The number of hydrogen-bond acceptors (Lipinski definition) is 5. The smallest absolute Gasteiger partial charge is 0.276 e. The quantitative estimate of drug-likeness (QED) is 0.629. The third-order valence-corrected chi connectivity index (χ3v) is 4.88. The zero-order valence-electron chi connectivity index (χ0n) is 13.8. The van der Waals surface area contributed by atoms with Gasteiger partial charge < -0.3 is 5.32 Å². The Labute approximate surface area is 149 Å². The molecule has 0 spiro atoms. The molecule has 3 aromatic rings. The van der Waals surface area contributed by atoms with Crippen LogP contribution in [0.2, 0.25) is 0 Å². The number of fused-ring (bicyclic) bond motifs is 1. The van der Waals surface area contributed by atoms with Crippen LogP contribution >= 0.6 is 0 Å². The van der Waals surface area contributed by atoms with E-state index in [1.165, 1.54) is 12.1 Å². The van der Waals surface area contributed by atoms with Crippen molar-refractivity contribution in [3.8, 4) is 0 Å². The average molecular weight is 372 g/mol. The average Bonchev–Trinajstić information content (AvgIpc) is 2.61. The number of para-hydroxylation sites is 1. The Morgan fingerprint density at radius 2 is 1.81 bits per heavy atom. The van der Waals surface area contributed by atoms with Gasteiger partial charge in [0.15, 0.2) is 5.69 Å². The number of nitrogens with zero attached hydrogens (tertiary/aromatic N) is 1. The molecule has 1 aromatic heterocycles.